The van der Waals surface area contributed by atoms with Crippen molar-refractivity contribution in [2.45, 2.75) is 65.6 Å². The average Bonchev–Trinajstić information content (AvgIpc) is 3.63. The molecule has 234 valence electrons. The molecule has 0 spiro atoms. The summed E-state index contributed by atoms with van der Waals surface area (Å²) in [4.78, 5) is 49.9. The molecular weight excluding hydrogens is 548 g/mol. The number of benzene rings is 2. The van der Waals surface area contributed by atoms with Crippen molar-refractivity contribution in [1.29, 1.82) is 0 Å². The lowest BCUT2D eigenvalue weighted by Crippen LogP contribution is -2.36. The molecule has 2 N–H and O–H groups in total. The van der Waals surface area contributed by atoms with Gasteiger partial charge in [-0.05, 0) is 89.8 Å². The molecule has 2 heterocycles. The van der Waals surface area contributed by atoms with E-state index < -0.39 is 11.2 Å². The molecule has 0 saturated carbocycles. The number of carbonyl (C=O) groups is 4. The fourth-order valence-electron chi connectivity index (χ4n) is 4.68. The van der Waals surface area contributed by atoms with Gasteiger partial charge in [0.2, 0.25) is 5.91 Å². The third-order valence-electron chi connectivity index (χ3n) is 6.94. The molecular formula is C33H46N4O6. The summed E-state index contributed by atoms with van der Waals surface area (Å²) in [5.41, 5.74) is 3.02. The lowest BCUT2D eigenvalue weighted by molar-refractivity contribution is -0.119. The van der Waals surface area contributed by atoms with Gasteiger partial charge in [0.25, 0.3) is 0 Å². The van der Waals surface area contributed by atoms with Crippen molar-refractivity contribution in [2.24, 2.45) is 11.8 Å². The molecule has 0 bridgehead atoms. The van der Waals surface area contributed by atoms with E-state index in [1.807, 2.05) is 85.0 Å². The van der Waals surface area contributed by atoms with Crippen LogP contribution in [-0.4, -0.2) is 78.6 Å². The van der Waals surface area contributed by atoms with E-state index in [9.17, 15) is 19.2 Å². The van der Waals surface area contributed by atoms with E-state index in [1.165, 1.54) is 0 Å². The zero-order valence-corrected chi connectivity index (χ0v) is 26.4. The fraction of sp³-hybridized carbons (Fsp3) is 0.515. The molecule has 2 aromatic rings. The molecule has 3 amide bonds. The standard InChI is InChI=1S/C23H29N3O3.C10H17NO3/c1-23(2,3)29-22(28)26-14-13-18(15-26)21(27)25-20-11-7-17(8-12-20)16-5-9-19(24-4)10-6-16;1-10(2,3)14-9(13)11-5-4-8(6-11)7-12/h5-12,18,24H,13-15H2,1-4H3,(H,25,27);7-8H,4-6H2,1-3H3. The molecule has 2 aromatic carbocycles. The van der Waals surface area contributed by atoms with Crippen molar-refractivity contribution in [1.82, 2.24) is 9.80 Å². The second-order valence-electron chi connectivity index (χ2n) is 12.9. The SMILES string of the molecule is CC(C)(C)OC(=O)N1CCC(C=O)C1.CNc1ccc(-c2ccc(NC(=O)C3CCN(C(=O)OC(C)(C)C)C3)cc2)cc1. The molecule has 10 heteroatoms. The quantitative estimate of drug-likeness (QED) is 0.406. The van der Waals surface area contributed by atoms with E-state index in [0.717, 1.165) is 35.2 Å². The summed E-state index contributed by atoms with van der Waals surface area (Å²) in [6.45, 7) is 13.0. The van der Waals surface area contributed by atoms with Crippen molar-refractivity contribution in [3.05, 3.63) is 48.5 Å². The predicted molar refractivity (Wildman–Crippen MR) is 168 cm³/mol. The van der Waals surface area contributed by atoms with Gasteiger partial charge >= 0.3 is 12.2 Å². The number of anilines is 2. The summed E-state index contributed by atoms with van der Waals surface area (Å²) in [6, 6.07) is 16.0. The second kappa shape index (κ2) is 14.4. The summed E-state index contributed by atoms with van der Waals surface area (Å²) in [5.74, 6) is -0.305. The number of nitrogens with one attached hydrogen (secondary N) is 2. The topological polar surface area (TPSA) is 117 Å². The zero-order valence-electron chi connectivity index (χ0n) is 26.4. The Morgan fingerprint density at radius 1 is 0.744 bits per heavy atom. The van der Waals surface area contributed by atoms with Crippen molar-refractivity contribution in [3.63, 3.8) is 0 Å². The third kappa shape index (κ3) is 10.6. The summed E-state index contributed by atoms with van der Waals surface area (Å²) < 4.78 is 10.6. The summed E-state index contributed by atoms with van der Waals surface area (Å²) in [6.07, 6.45) is 1.62. The minimum Gasteiger partial charge on any atom is -0.444 e. The Kier molecular flexibility index (Phi) is 11.2. The number of hydrogen-bond acceptors (Lipinski definition) is 7. The van der Waals surface area contributed by atoms with Crippen LogP contribution in [0.3, 0.4) is 0 Å². The smallest absolute Gasteiger partial charge is 0.410 e. The van der Waals surface area contributed by atoms with Gasteiger partial charge < -0.3 is 34.7 Å². The Balaban J connectivity index is 0.000000303. The van der Waals surface area contributed by atoms with Crippen LogP contribution in [0.15, 0.2) is 48.5 Å². The summed E-state index contributed by atoms with van der Waals surface area (Å²) in [7, 11) is 1.89. The van der Waals surface area contributed by atoms with Crippen LogP contribution < -0.4 is 10.6 Å². The van der Waals surface area contributed by atoms with E-state index >= 15 is 0 Å². The Bertz CT molecular complexity index is 1250. The van der Waals surface area contributed by atoms with E-state index in [2.05, 4.69) is 22.8 Å². The first-order valence-electron chi connectivity index (χ1n) is 14.8. The molecule has 43 heavy (non-hydrogen) atoms. The van der Waals surface area contributed by atoms with Crippen molar-refractivity contribution in [3.8, 4) is 11.1 Å². The van der Waals surface area contributed by atoms with Gasteiger partial charge in [-0.2, -0.15) is 0 Å². The van der Waals surface area contributed by atoms with Crippen LogP contribution in [0.4, 0.5) is 21.0 Å². The number of amides is 3. The number of ether oxygens (including phenoxy) is 2. The molecule has 2 unspecified atom stereocenters. The van der Waals surface area contributed by atoms with Gasteiger partial charge in [-0.3, -0.25) is 4.79 Å². The largest absolute Gasteiger partial charge is 0.444 e. The lowest BCUT2D eigenvalue weighted by Gasteiger charge is -2.24. The molecule has 2 saturated heterocycles. The number of likely N-dealkylation sites (tertiary alicyclic amines) is 2. The molecule has 2 aliphatic rings. The molecule has 4 rings (SSSR count). The Morgan fingerprint density at radius 2 is 1.21 bits per heavy atom. The molecule has 10 nitrogen and oxygen atoms in total. The Morgan fingerprint density at radius 3 is 1.65 bits per heavy atom. The maximum atomic E-state index is 12.6. The maximum Gasteiger partial charge on any atom is 0.410 e. The maximum absolute atomic E-state index is 12.6. The molecule has 0 aliphatic carbocycles. The van der Waals surface area contributed by atoms with Crippen LogP contribution in [0.2, 0.25) is 0 Å². The lowest BCUT2D eigenvalue weighted by atomic mass is 10.0. The Labute approximate surface area is 255 Å². The van der Waals surface area contributed by atoms with Crippen LogP contribution in [0, 0.1) is 11.8 Å². The van der Waals surface area contributed by atoms with Gasteiger partial charge in [-0.1, -0.05) is 24.3 Å². The minimum atomic E-state index is -0.535. The molecule has 2 atom stereocenters. The first-order valence-corrected chi connectivity index (χ1v) is 14.8. The minimum absolute atomic E-state index is 0.0116. The third-order valence-corrected chi connectivity index (χ3v) is 6.94. The normalized spacial score (nSPS) is 18.3. The zero-order chi connectivity index (χ0) is 31.8. The van der Waals surface area contributed by atoms with E-state index in [0.29, 0.717) is 32.6 Å². The highest BCUT2D eigenvalue weighted by molar-refractivity contribution is 5.93. The molecule has 2 aliphatic heterocycles. The molecule has 0 radical (unpaired) electrons. The highest BCUT2D eigenvalue weighted by Gasteiger charge is 2.33. The Hall–Kier alpha value is -4.08. The van der Waals surface area contributed by atoms with E-state index in [-0.39, 0.29) is 29.9 Å². The highest BCUT2D eigenvalue weighted by Crippen LogP contribution is 2.25. The van der Waals surface area contributed by atoms with Crippen molar-refractivity contribution < 1.29 is 28.7 Å². The number of aldehydes is 1. The highest BCUT2D eigenvalue weighted by atomic mass is 16.6. The van der Waals surface area contributed by atoms with Crippen molar-refractivity contribution >= 4 is 35.8 Å². The van der Waals surface area contributed by atoms with Crippen molar-refractivity contribution in [2.75, 3.05) is 43.9 Å². The van der Waals surface area contributed by atoms with Crippen LogP contribution in [0.1, 0.15) is 54.4 Å². The van der Waals surface area contributed by atoms with Gasteiger partial charge in [0.05, 0.1) is 5.92 Å². The second-order valence-corrected chi connectivity index (χ2v) is 12.9. The van der Waals surface area contributed by atoms with Crippen LogP contribution in [0.25, 0.3) is 11.1 Å². The monoisotopic (exact) mass is 594 g/mol. The average molecular weight is 595 g/mol. The van der Waals surface area contributed by atoms with Gasteiger partial charge in [0, 0.05) is 50.5 Å². The van der Waals surface area contributed by atoms with Crippen LogP contribution >= 0.6 is 0 Å². The number of carbonyl (C=O) groups excluding carboxylic acids is 4. The number of rotatable bonds is 5. The molecule has 0 aromatic heterocycles. The van der Waals surface area contributed by atoms with Crippen LogP contribution in [0.5, 0.6) is 0 Å². The van der Waals surface area contributed by atoms with Gasteiger partial charge in [-0.15, -0.1) is 0 Å². The predicted octanol–water partition coefficient (Wildman–Crippen LogP) is 6.03. The van der Waals surface area contributed by atoms with Crippen LogP contribution in [-0.2, 0) is 19.1 Å². The van der Waals surface area contributed by atoms with E-state index in [4.69, 9.17) is 9.47 Å². The number of nitrogens with zero attached hydrogens (tertiary/aromatic N) is 2. The summed E-state index contributed by atoms with van der Waals surface area (Å²) >= 11 is 0. The van der Waals surface area contributed by atoms with E-state index in [1.54, 1.807) is 9.80 Å². The first-order chi connectivity index (χ1) is 20.2. The number of hydrogen-bond donors (Lipinski definition) is 2. The van der Waals surface area contributed by atoms with Gasteiger partial charge in [0.15, 0.2) is 0 Å². The molecule has 2 fully saturated rings. The summed E-state index contributed by atoms with van der Waals surface area (Å²) in [5, 5.41) is 6.06. The van der Waals surface area contributed by atoms with Gasteiger partial charge in [0.1, 0.15) is 17.5 Å². The first kappa shape index (κ1) is 33.4. The fourth-order valence-corrected chi connectivity index (χ4v) is 4.68. The van der Waals surface area contributed by atoms with Gasteiger partial charge in [-0.25, -0.2) is 9.59 Å².